The van der Waals surface area contributed by atoms with Gasteiger partial charge in [0.25, 0.3) is 0 Å². The van der Waals surface area contributed by atoms with E-state index < -0.39 is 6.04 Å². The lowest BCUT2D eigenvalue weighted by Gasteiger charge is -2.32. The summed E-state index contributed by atoms with van der Waals surface area (Å²) < 4.78 is 10.6. The molecular weight excluding hydrogens is 460 g/mol. The van der Waals surface area contributed by atoms with Gasteiger partial charge in [-0.05, 0) is 54.7 Å². The number of nitrogens with one attached hydrogen (secondary N) is 1. The monoisotopic (exact) mass is 498 g/mol. The van der Waals surface area contributed by atoms with E-state index in [1.807, 2.05) is 55.5 Å². The van der Waals surface area contributed by atoms with Gasteiger partial charge >= 0.3 is 0 Å². The lowest BCUT2D eigenvalue weighted by Crippen LogP contribution is -2.52. The summed E-state index contributed by atoms with van der Waals surface area (Å²) in [7, 11) is 3.28. The highest BCUT2D eigenvalue weighted by molar-refractivity contribution is 7.99. The van der Waals surface area contributed by atoms with Crippen LogP contribution in [0.1, 0.15) is 56.6 Å². The first-order valence-corrected chi connectivity index (χ1v) is 13.6. The maximum Gasteiger partial charge on any atom is 0.243 e. The van der Waals surface area contributed by atoms with Crippen LogP contribution in [0.5, 0.6) is 11.5 Å². The van der Waals surface area contributed by atoms with Crippen molar-refractivity contribution >= 4 is 23.6 Å². The normalized spacial score (nSPS) is 14.7. The molecule has 1 saturated carbocycles. The van der Waals surface area contributed by atoms with E-state index in [2.05, 4.69) is 5.32 Å². The van der Waals surface area contributed by atoms with Crippen LogP contribution in [0.3, 0.4) is 0 Å². The fraction of sp³-hybridized carbons (Fsp3) is 0.500. The molecule has 190 valence electrons. The third-order valence-electron chi connectivity index (χ3n) is 6.48. The van der Waals surface area contributed by atoms with Crippen LogP contribution in [0.15, 0.2) is 48.5 Å². The molecule has 2 aromatic carbocycles. The predicted molar refractivity (Wildman–Crippen MR) is 142 cm³/mol. The molecule has 0 aliphatic heterocycles. The topological polar surface area (TPSA) is 67.9 Å². The molecule has 3 rings (SSSR count). The smallest absolute Gasteiger partial charge is 0.243 e. The van der Waals surface area contributed by atoms with Crippen LogP contribution < -0.4 is 14.8 Å². The lowest BCUT2D eigenvalue weighted by molar-refractivity contribution is -0.139. The van der Waals surface area contributed by atoms with Crippen molar-refractivity contribution in [3.63, 3.8) is 0 Å². The van der Waals surface area contributed by atoms with Crippen molar-refractivity contribution in [2.45, 2.75) is 69.8 Å². The number of carbonyl (C=O) groups is 2. The minimum atomic E-state index is -0.503. The molecule has 0 bridgehead atoms. The van der Waals surface area contributed by atoms with Crippen molar-refractivity contribution in [2.75, 3.05) is 20.0 Å². The molecule has 1 atom stereocenters. The first-order chi connectivity index (χ1) is 17.0. The second-order valence-corrected chi connectivity index (χ2v) is 9.97. The van der Waals surface area contributed by atoms with Gasteiger partial charge in [0.15, 0.2) is 0 Å². The molecule has 2 amide bonds. The molecule has 1 aliphatic carbocycles. The molecule has 6 nitrogen and oxygen atoms in total. The van der Waals surface area contributed by atoms with Crippen LogP contribution in [0.25, 0.3) is 0 Å². The molecule has 0 spiro atoms. The first kappa shape index (κ1) is 26.9. The highest BCUT2D eigenvalue weighted by Crippen LogP contribution is 2.22. The quantitative estimate of drug-likeness (QED) is 0.436. The van der Waals surface area contributed by atoms with Crippen LogP contribution in [0, 0.1) is 0 Å². The highest BCUT2D eigenvalue weighted by atomic mass is 32.2. The molecule has 0 heterocycles. The van der Waals surface area contributed by atoms with E-state index in [4.69, 9.17) is 9.47 Å². The summed E-state index contributed by atoms with van der Waals surface area (Å²) in [5, 5.41) is 3.23. The molecule has 0 radical (unpaired) electrons. The van der Waals surface area contributed by atoms with Gasteiger partial charge in [-0.15, -0.1) is 11.8 Å². The van der Waals surface area contributed by atoms with E-state index in [-0.39, 0.29) is 17.9 Å². The Morgan fingerprint density at radius 2 is 1.71 bits per heavy atom. The Labute approximate surface area is 213 Å². The number of amides is 2. The van der Waals surface area contributed by atoms with Gasteiger partial charge in [0.1, 0.15) is 17.5 Å². The van der Waals surface area contributed by atoms with Crippen molar-refractivity contribution in [1.82, 2.24) is 10.2 Å². The number of methoxy groups -OCH3 is 2. The molecule has 35 heavy (non-hydrogen) atoms. The van der Waals surface area contributed by atoms with Gasteiger partial charge in [-0.1, -0.05) is 50.5 Å². The van der Waals surface area contributed by atoms with E-state index in [1.54, 1.807) is 30.9 Å². The Bertz CT molecular complexity index is 944. The number of thioether (sulfide) groups is 1. The van der Waals surface area contributed by atoms with Gasteiger partial charge in [-0.25, -0.2) is 0 Å². The largest absolute Gasteiger partial charge is 0.497 e. The molecule has 1 aliphatic rings. The summed E-state index contributed by atoms with van der Waals surface area (Å²) in [6.07, 6.45) is 6.13. The number of hydrogen-bond donors (Lipinski definition) is 1. The Morgan fingerprint density at radius 1 is 1.00 bits per heavy atom. The van der Waals surface area contributed by atoms with Crippen LogP contribution >= 0.6 is 11.8 Å². The average Bonchev–Trinajstić information content (AvgIpc) is 2.89. The molecular formula is C28H38N2O4S. The molecule has 0 unspecified atom stereocenters. The minimum absolute atomic E-state index is 0.0306. The zero-order chi connectivity index (χ0) is 25.0. The minimum Gasteiger partial charge on any atom is -0.497 e. The molecule has 1 fully saturated rings. The van der Waals surface area contributed by atoms with Crippen molar-refractivity contribution in [3.05, 3.63) is 59.7 Å². The van der Waals surface area contributed by atoms with Gasteiger partial charge in [0.05, 0.1) is 20.0 Å². The maximum absolute atomic E-state index is 13.5. The third-order valence-corrected chi connectivity index (χ3v) is 7.47. The third kappa shape index (κ3) is 8.20. The molecule has 2 aromatic rings. The van der Waals surface area contributed by atoms with Crippen LogP contribution in [-0.2, 0) is 21.9 Å². The molecule has 0 saturated heterocycles. The number of carbonyl (C=O) groups excluding carboxylic acids is 2. The van der Waals surface area contributed by atoms with Crippen LogP contribution in [-0.4, -0.2) is 48.8 Å². The van der Waals surface area contributed by atoms with Crippen molar-refractivity contribution < 1.29 is 19.1 Å². The molecule has 7 heteroatoms. The van der Waals surface area contributed by atoms with Gasteiger partial charge < -0.3 is 19.7 Å². The fourth-order valence-electron chi connectivity index (χ4n) is 4.49. The Balaban J connectivity index is 1.70. The van der Waals surface area contributed by atoms with Crippen molar-refractivity contribution in [2.24, 2.45) is 0 Å². The fourth-order valence-corrected chi connectivity index (χ4v) is 5.36. The van der Waals surface area contributed by atoms with Gasteiger partial charge in [0.2, 0.25) is 11.8 Å². The zero-order valence-electron chi connectivity index (χ0n) is 21.1. The first-order valence-electron chi connectivity index (χ1n) is 12.5. The molecule has 0 aromatic heterocycles. The Kier molecular flexibility index (Phi) is 10.8. The SMILES string of the molecule is CC[C@@H](C(=O)NC1CCCCC1)N(Cc1cccc(OC)c1)C(=O)CSCc1ccc(OC)cc1. The summed E-state index contributed by atoms with van der Waals surface area (Å²) in [5.74, 6) is 2.50. The van der Waals surface area contributed by atoms with Gasteiger partial charge in [-0.2, -0.15) is 0 Å². The van der Waals surface area contributed by atoms with E-state index >= 15 is 0 Å². The number of nitrogens with zero attached hydrogens (tertiary/aromatic N) is 1. The standard InChI is InChI=1S/C28H38N2O4S/c1-4-26(28(32)29-23-10-6-5-7-11-23)30(18-22-9-8-12-25(17-22)34-3)27(31)20-35-19-21-13-15-24(33-2)16-14-21/h8-9,12-17,23,26H,4-7,10-11,18-20H2,1-3H3,(H,29,32)/t26-/m0/s1. The van der Waals surface area contributed by atoms with Crippen molar-refractivity contribution in [3.8, 4) is 11.5 Å². The summed E-state index contributed by atoms with van der Waals surface area (Å²) in [5.41, 5.74) is 2.08. The lowest BCUT2D eigenvalue weighted by atomic mass is 9.95. The number of ether oxygens (including phenoxy) is 2. The predicted octanol–water partition coefficient (Wildman–Crippen LogP) is 5.19. The maximum atomic E-state index is 13.5. The number of hydrogen-bond acceptors (Lipinski definition) is 5. The Morgan fingerprint density at radius 3 is 2.37 bits per heavy atom. The number of benzene rings is 2. The Hall–Kier alpha value is -2.67. The second kappa shape index (κ2) is 14.0. The van der Waals surface area contributed by atoms with E-state index in [0.29, 0.717) is 24.5 Å². The number of rotatable bonds is 12. The van der Waals surface area contributed by atoms with E-state index in [0.717, 1.165) is 48.3 Å². The summed E-state index contributed by atoms with van der Waals surface area (Å²) in [6.45, 7) is 2.34. The zero-order valence-corrected chi connectivity index (χ0v) is 21.9. The van der Waals surface area contributed by atoms with Gasteiger partial charge in [-0.3, -0.25) is 9.59 Å². The van der Waals surface area contributed by atoms with Crippen LogP contribution in [0.4, 0.5) is 0 Å². The van der Waals surface area contributed by atoms with E-state index in [9.17, 15) is 9.59 Å². The van der Waals surface area contributed by atoms with E-state index in [1.165, 1.54) is 6.42 Å². The summed E-state index contributed by atoms with van der Waals surface area (Å²) >= 11 is 1.56. The van der Waals surface area contributed by atoms with Crippen LogP contribution in [0.2, 0.25) is 0 Å². The summed E-state index contributed by atoms with van der Waals surface area (Å²) in [6, 6.07) is 15.3. The van der Waals surface area contributed by atoms with Crippen molar-refractivity contribution in [1.29, 1.82) is 0 Å². The van der Waals surface area contributed by atoms with Gasteiger partial charge in [0, 0.05) is 18.3 Å². The second-order valence-electron chi connectivity index (χ2n) is 8.98. The summed E-state index contributed by atoms with van der Waals surface area (Å²) in [4.78, 5) is 28.5. The highest BCUT2D eigenvalue weighted by Gasteiger charge is 2.30. The molecule has 1 N–H and O–H groups in total. The average molecular weight is 499 g/mol.